The molecule has 3 rings (SSSR count). The first-order valence-electron chi connectivity index (χ1n) is 7.86. The maximum atomic E-state index is 12.8. The normalized spacial score (nSPS) is 13.8. The number of aromatic nitrogens is 2. The molecular formula is C17H19ClN4O2. The number of aromatic amines is 1. The Bertz CT molecular complexity index is 785. The Kier molecular flexibility index (Phi) is 4.57. The van der Waals surface area contributed by atoms with E-state index in [0.29, 0.717) is 29.4 Å². The largest absolute Gasteiger partial charge is 0.334 e. The lowest BCUT2D eigenvalue weighted by atomic mass is 10.1. The zero-order valence-corrected chi connectivity index (χ0v) is 14.4. The fraction of sp³-hybridized carbons (Fsp3) is 0.353. The fourth-order valence-electron chi connectivity index (χ4n) is 2.62. The second-order valence-corrected chi connectivity index (χ2v) is 6.60. The van der Waals surface area contributed by atoms with Gasteiger partial charge in [-0.05, 0) is 18.2 Å². The lowest BCUT2D eigenvalue weighted by Crippen LogP contribution is -2.36. The zero-order chi connectivity index (χ0) is 17.3. The van der Waals surface area contributed by atoms with E-state index in [1.54, 1.807) is 29.3 Å². The van der Waals surface area contributed by atoms with Crippen molar-refractivity contribution in [2.24, 2.45) is 5.92 Å². The molecule has 0 spiro atoms. The molecule has 1 aliphatic rings. The highest BCUT2D eigenvalue weighted by molar-refractivity contribution is 6.34. The van der Waals surface area contributed by atoms with E-state index in [2.05, 4.69) is 15.5 Å². The van der Waals surface area contributed by atoms with Crippen molar-refractivity contribution in [3.05, 3.63) is 46.2 Å². The molecule has 24 heavy (non-hydrogen) atoms. The van der Waals surface area contributed by atoms with Crippen LogP contribution in [-0.2, 0) is 17.8 Å². The number of hydrogen-bond acceptors (Lipinski definition) is 3. The molecule has 0 bridgehead atoms. The van der Waals surface area contributed by atoms with E-state index in [4.69, 9.17) is 11.6 Å². The highest BCUT2D eigenvalue weighted by Crippen LogP contribution is 2.25. The average molecular weight is 347 g/mol. The van der Waals surface area contributed by atoms with Crippen molar-refractivity contribution in [1.82, 2.24) is 15.1 Å². The molecule has 2 amide bonds. The molecule has 0 aliphatic carbocycles. The first kappa shape index (κ1) is 16.5. The Balaban J connectivity index is 1.81. The minimum atomic E-state index is -0.146. The molecule has 0 radical (unpaired) electrons. The maximum Gasteiger partial charge on any atom is 0.255 e. The number of anilines is 1. The highest BCUT2D eigenvalue weighted by atomic mass is 35.5. The summed E-state index contributed by atoms with van der Waals surface area (Å²) in [6, 6.07) is 4.97. The Labute approximate surface area is 145 Å². The Morgan fingerprint density at radius 1 is 1.38 bits per heavy atom. The quantitative estimate of drug-likeness (QED) is 0.897. The predicted molar refractivity (Wildman–Crippen MR) is 92.0 cm³/mol. The number of fused-ring (bicyclic) bond motifs is 1. The van der Waals surface area contributed by atoms with Crippen molar-refractivity contribution in [2.45, 2.75) is 26.8 Å². The van der Waals surface area contributed by atoms with E-state index in [9.17, 15) is 9.59 Å². The highest BCUT2D eigenvalue weighted by Gasteiger charge is 2.24. The molecule has 6 nitrogen and oxygen atoms in total. The van der Waals surface area contributed by atoms with Crippen LogP contribution in [0.1, 0.15) is 35.5 Å². The number of benzene rings is 1. The number of halogens is 1. The summed E-state index contributed by atoms with van der Waals surface area (Å²) in [6.45, 7) is 4.73. The number of carbonyl (C=O) groups is 2. The van der Waals surface area contributed by atoms with Gasteiger partial charge in [-0.3, -0.25) is 14.7 Å². The van der Waals surface area contributed by atoms with Crippen LogP contribution in [0.4, 0.5) is 5.69 Å². The number of nitrogens with one attached hydrogen (secondary N) is 2. The molecule has 0 unspecified atom stereocenters. The molecule has 2 aromatic rings. The van der Waals surface area contributed by atoms with Gasteiger partial charge in [0.15, 0.2) is 0 Å². The van der Waals surface area contributed by atoms with Crippen molar-refractivity contribution in [1.29, 1.82) is 0 Å². The van der Waals surface area contributed by atoms with E-state index in [1.807, 2.05) is 13.8 Å². The van der Waals surface area contributed by atoms with Gasteiger partial charge in [0, 0.05) is 42.4 Å². The van der Waals surface area contributed by atoms with Gasteiger partial charge in [-0.2, -0.15) is 5.10 Å². The van der Waals surface area contributed by atoms with Gasteiger partial charge in [-0.1, -0.05) is 25.4 Å². The van der Waals surface area contributed by atoms with E-state index >= 15 is 0 Å². The first-order valence-corrected chi connectivity index (χ1v) is 8.24. The van der Waals surface area contributed by atoms with Gasteiger partial charge in [-0.25, -0.2) is 0 Å². The minimum absolute atomic E-state index is 0.100. The van der Waals surface area contributed by atoms with Gasteiger partial charge in [0.25, 0.3) is 5.91 Å². The van der Waals surface area contributed by atoms with Gasteiger partial charge >= 0.3 is 0 Å². The fourth-order valence-corrected chi connectivity index (χ4v) is 2.82. The number of nitrogens with zero attached hydrogens (tertiary/aromatic N) is 2. The van der Waals surface area contributed by atoms with Gasteiger partial charge in [0.05, 0.1) is 16.8 Å². The third-order valence-corrected chi connectivity index (χ3v) is 4.41. The zero-order valence-electron chi connectivity index (χ0n) is 13.6. The summed E-state index contributed by atoms with van der Waals surface area (Å²) in [4.78, 5) is 26.4. The molecular weight excluding hydrogens is 328 g/mol. The summed E-state index contributed by atoms with van der Waals surface area (Å²) < 4.78 is 0. The summed E-state index contributed by atoms with van der Waals surface area (Å²) in [5, 5.41) is 10.1. The summed E-state index contributed by atoms with van der Waals surface area (Å²) in [5.74, 6) is -0.384. The number of amides is 2. The van der Waals surface area contributed by atoms with Crippen molar-refractivity contribution in [2.75, 3.05) is 11.9 Å². The van der Waals surface area contributed by atoms with Gasteiger partial charge in [-0.15, -0.1) is 0 Å². The molecule has 1 aliphatic heterocycles. The number of hydrogen-bond donors (Lipinski definition) is 2. The van der Waals surface area contributed by atoms with Gasteiger partial charge in [0.2, 0.25) is 5.91 Å². The van der Waals surface area contributed by atoms with Crippen LogP contribution in [0.2, 0.25) is 5.02 Å². The number of carbonyl (C=O) groups excluding carboxylic acids is 2. The van der Waals surface area contributed by atoms with E-state index in [0.717, 1.165) is 17.7 Å². The molecule has 1 aromatic carbocycles. The summed E-state index contributed by atoms with van der Waals surface area (Å²) in [6.07, 6.45) is 2.48. The Hall–Kier alpha value is -2.34. The lowest BCUT2D eigenvalue weighted by Gasteiger charge is -2.27. The van der Waals surface area contributed by atoms with Gasteiger partial charge < -0.3 is 10.2 Å². The molecule has 0 saturated carbocycles. The summed E-state index contributed by atoms with van der Waals surface area (Å²) in [5.41, 5.74) is 3.06. The van der Waals surface area contributed by atoms with E-state index in [-0.39, 0.29) is 17.7 Å². The molecule has 0 saturated heterocycles. The van der Waals surface area contributed by atoms with Crippen molar-refractivity contribution in [3.63, 3.8) is 0 Å². The first-order chi connectivity index (χ1) is 11.5. The Morgan fingerprint density at radius 2 is 2.17 bits per heavy atom. The van der Waals surface area contributed by atoms with E-state index < -0.39 is 0 Å². The van der Waals surface area contributed by atoms with Crippen molar-refractivity contribution < 1.29 is 9.59 Å². The van der Waals surface area contributed by atoms with Crippen LogP contribution in [0.3, 0.4) is 0 Å². The molecule has 126 valence electrons. The second-order valence-electron chi connectivity index (χ2n) is 6.19. The second kappa shape index (κ2) is 6.65. The smallest absolute Gasteiger partial charge is 0.255 e. The van der Waals surface area contributed by atoms with Crippen LogP contribution < -0.4 is 5.32 Å². The number of H-pyrrole nitrogens is 1. The van der Waals surface area contributed by atoms with Crippen LogP contribution in [0, 0.1) is 5.92 Å². The van der Waals surface area contributed by atoms with Crippen LogP contribution in [0.5, 0.6) is 0 Å². The lowest BCUT2D eigenvalue weighted by molar-refractivity contribution is -0.118. The average Bonchev–Trinajstić information content (AvgIpc) is 3.03. The topological polar surface area (TPSA) is 78.1 Å². The third-order valence-electron chi connectivity index (χ3n) is 4.08. The summed E-state index contributed by atoms with van der Waals surface area (Å²) in [7, 11) is 0. The SMILES string of the molecule is CC(C)C(=O)Nc1ccc(Cl)c(C(=O)N2CCc3[nH]ncc3C2)c1. The van der Waals surface area contributed by atoms with Crippen LogP contribution in [-0.4, -0.2) is 33.5 Å². The van der Waals surface area contributed by atoms with E-state index in [1.165, 1.54) is 0 Å². The monoisotopic (exact) mass is 346 g/mol. The van der Waals surface area contributed by atoms with Crippen molar-refractivity contribution >= 4 is 29.1 Å². The predicted octanol–water partition coefficient (Wildman–Crippen LogP) is 2.86. The Morgan fingerprint density at radius 3 is 2.92 bits per heavy atom. The third kappa shape index (κ3) is 3.28. The van der Waals surface area contributed by atoms with Crippen LogP contribution in [0.15, 0.2) is 24.4 Å². The standard InChI is InChI=1S/C17H19ClN4O2/c1-10(2)16(23)20-12-3-4-14(18)13(7-12)17(24)22-6-5-15-11(9-22)8-19-21-15/h3-4,7-8,10H,5-6,9H2,1-2H3,(H,19,21)(H,20,23). The molecule has 2 N–H and O–H groups in total. The molecule has 7 heteroatoms. The number of rotatable bonds is 3. The van der Waals surface area contributed by atoms with Crippen LogP contribution in [0.25, 0.3) is 0 Å². The van der Waals surface area contributed by atoms with Gasteiger partial charge in [0.1, 0.15) is 0 Å². The maximum absolute atomic E-state index is 12.8. The molecule has 2 heterocycles. The van der Waals surface area contributed by atoms with Crippen LogP contribution >= 0.6 is 11.6 Å². The molecule has 1 aromatic heterocycles. The molecule has 0 atom stereocenters. The summed E-state index contributed by atoms with van der Waals surface area (Å²) >= 11 is 6.21. The van der Waals surface area contributed by atoms with Crippen molar-refractivity contribution in [3.8, 4) is 0 Å². The molecule has 0 fully saturated rings. The minimum Gasteiger partial charge on any atom is -0.334 e.